The minimum atomic E-state index is 0.530. The second-order valence-electron chi connectivity index (χ2n) is 4.92. The molecule has 0 unspecified atom stereocenters. The van der Waals surface area contributed by atoms with E-state index in [0.29, 0.717) is 11.1 Å². The van der Waals surface area contributed by atoms with Gasteiger partial charge in [0.15, 0.2) is 0 Å². The van der Waals surface area contributed by atoms with Crippen molar-refractivity contribution in [2.75, 3.05) is 0 Å². The van der Waals surface area contributed by atoms with Gasteiger partial charge in [-0.05, 0) is 31.0 Å². The standard InChI is InChI=1S/C17H15NO2/c1-11-8-12(2)17-14(18-19)10-15(20-16(17)9-11)13-6-4-3-5-7-13/h3-10,19H,1-2H3/b18-14-. The average molecular weight is 265 g/mol. The maximum atomic E-state index is 9.28. The molecule has 0 saturated carbocycles. The van der Waals surface area contributed by atoms with Crippen LogP contribution in [0, 0.1) is 13.8 Å². The van der Waals surface area contributed by atoms with Crippen LogP contribution in [0.15, 0.2) is 58.1 Å². The lowest BCUT2D eigenvalue weighted by atomic mass is 10.1. The van der Waals surface area contributed by atoms with Crippen LogP contribution in [0.5, 0.6) is 0 Å². The van der Waals surface area contributed by atoms with Gasteiger partial charge in [0.25, 0.3) is 0 Å². The van der Waals surface area contributed by atoms with Gasteiger partial charge in [-0.1, -0.05) is 41.6 Å². The average Bonchev–Trinajstić information content (AvgIpc) is 2.46. The molecule has 0 bridgehead atoms. The van der Waals surface area contributed by atoms with Crippen LogP contribution < -0.4 is 5.36 Å². The first-order chi connectivity index (χ1) is 9.69. The predicted molar refractivity (Wildman–Crippen MR) is 78.5 cm³/mol. The molecule has 0 aliphatic heterocycles. The minimum Gasteiger partial charge on any atom is -0.456 e. The van der Waals surface area contributed by atoms with Gasteiger partial charge in [0.05, 0.1) is 0 Å². The molecule has 3 heteroatoms. The van der Waals surface area contributed by atoms with E-state index >= 15 is 0 Å². The first-order valence-corrected chi connectivity index (χ1v) is 6.47. The number of nitrogens with zero attached hydrogens (tertiary/aromatic N) is 1. The van der Waals surface area contributed by atoms with Crippen LogP contribution in [0.25, 0.3) is 22.3 Å². The van der Waals surface area contributed by atoms with Crippen molar-refractivity contribution in [3.63, 3.8) is 0 Å². The fourth-order valence-corrected chi connectivity index (χ4v) is 2.51. The molecule has 0 amide bonds. The zero-order valence-corrected chi connectivity index (χ0v) is 11.4. The third-order valence-electron chi connectivity index (χ3n) is 3.35. The number of benzene rings is 2. The summed E-state index contributed by atoms with van der Waals surface area (Å²) in [5.41, 5.74) is 3.85. The molecule has 0 atom stereocenters. The molecule has 1 N–H and O–H groups in total. The molecule has 1 heterocycles. The smallest absolute Gasteiger partial charge is 0.137 e. The Morgan fingerprint density at radius 1 is 1.00 bits per heavy atom. The Hall–Kier alpha value is -2.55. The number of hydrogen-bond donors (Lipinski definition) is 1. The molecule has 3 nitrogen and oxygen atoms in total. The fraction of sp³-hybridized carbons (Fsp3) is 0.118. The van der Waals surface area contributed by atoms with E-state index in [1.165, 1.54) is 0 Å². The quantitative estimate of drug-likeness (QED) is 0.534. The van der Waals surface area contributed by atoms with E-state index in [1.54, 1.807) is 6.07 Å². The van der Waals surface area contributed by atoms with Crippen LogP contribution in [-0.4, -0.2) is 5.21 Å². The highest BCUT2D eigenvalue weighted by molar-refractivity contribution is 5.82. The Balaban J connectivity index is 2.39. The molecule has 0 spiro atoms. The van der Waals surface area contributed by atoms with E-state index < -0.39 is 0 Å². The lowest BCUT2D eigenvalue weighted by molar-refractivity contribution is 0.302. The molecule has 0 aliphatic carbocycles. The van der Waals surface area contributed by atoms with Gasteiger partial charge in [0.2, 0.25) is 0 Å². The molecular formula is C17H15NO2. The number of rotatable bonds is 1. The molecule has 3 aromatic rings. The van der Waals surface area contributed by atoms with E-state index in [4.69, 9.17) is 4.42 Å². The highest BCUT2D eigenvalue weighted by Crippen LogP contribution is 2.24. The van der Waals surface area contributed by atoms with Gasteiger partial charge in [0.1, 0.15) is 16.7 Å². The summed E-state index contributed by atoms with van der Waals surface area (Å²) in [5, 5.41) is 14.1. The van der Waals surface area contributed by atoms with Crippen molar-refractivity contribution in [1.82, 2.24) is 0 Å². The molecule has 2 aromatic carbocycles. The molecule has 100 valence electrons. The van der Waals surface area contributed by atoms with E-state index in [2.05, 4.69) is 11.2 Å². The highest BCUT2D eigenvalue weighted by atomic mass is 16.4. The van der Waals surface area contributed by atoms with Crippen LogP contribution in [0.3, 0.4) is 0 Å². The largest absolute Gasteiger partial charge is 0.456 e. The fourth-order valence-electron chi connectivity index (χ4n) is 2.51. The molecule has 0 fully saturated rings. The van der Waals surface area contributed by atoms with Crippen LogP contribution in [0.2, 0.25) is 0 Å². The second kappa shape index (κ2) is 4.85. The minimum absolute atomic E-state index is 0.530. The Morgan fingerprint density at radius 2 is 1.75 bits per heavy atom. The predicted octanol–water partition coefficient (Wildman–Crippen LogP) is 4.01. The number of aryl methyl sites for hydroxylation is 2. The third kappa shape index (κ3) is 2.07. The first kappa shape index (κ1) is 12.5. The zero-order valence-electron chi connectivity index (χ0n) is 11.4. The Labute approximate surface area is 116 Å². The number of fused-ring (bicyclic) bond motifs is 1. The van der Waals surface area contributed by atoms with Crippen molar-refractivity contribution < 1.29 is 9.62 Å². The molecular weight excluding hydrogens is 250 g/mol. The van der Waals surface area contributed by atoms with Crippen LogP contribution >= 0.6 is 0 Å². The summed E-state index contributed by atoms with van der Waals surface area (Å²) in [6, 6.07) is 15.6. The lowest BCUT2D eigenvalue weighted by Gasteiger charge is -2.07. The van der Waals surface area contributed by atoms with E-state index in [0.717, 1.165) is 27.7 Å². The molecule has 0 saturated heterocycles. The third-order valence-corrected chi connectivity index (χ3v) is 3.35. The van der Waals surface area contributed by atoms with Gasteiger partial charge in [-0.3, -0.25) is 0 Å². The van der Waals surface area contributed by atoms with Crippen LogP contribution in [0.4, 0.5) is 0 Å². The van der Waals surface area contributed by atoms with Crippen molar-refractivity contribution in [3.05, 3.63) is 65.0 Å². The topological polar surface area (TPSA) is 45.7 Å². The van der Waals surface area contributed by atoms with Crippen molar-refractivity contribution in [2.45, 2.75) is 13.8 Å². The van der Waals surface area contributed by atoms with Crippen molar-refractivity contribution in [2.24, 2.45) is 5.16 Å². The van der Waals surface area contributed by atoms with Gasteiger partial charge in [-0.25, -0.2) is 0 Å². The molecule has 20 heavy (non-hydrogen) atoms. The van der Waals surface area contributed by atoms with Gasteiger partial charge >= 0.3 is 0 Å². The van der Waals surface area contributed by atoms with Crippen LogP contribution in [-0.2, 0) is 0 Å². The van der Waals surface area contributed by atoms with Crippen molar-refractivity contribution >= 4 is 11.0 Å². The lowest BCUT2D eigenvalue weighted by Crippen LogP contribution is -2.05. The van der Waals surface area contributed by atoms with E-state index in [-0.39, 0.29) is 0 Å². The van der Waals surface area contributed by atoms with E-state index in [9.17, 15) is 5.21 Å². The monoisotopic (exact) mass is 265 g/mol. The summed E-state index contributed by atoms with van der Waals surface area (Å²) in [6.07, 6.45) is 0. The normalized spacial score (nSPS) is 12.0. The summed E-state index contributed by atoms with van der Waals surface area (Å²) < 4.78 is 5.98. The molecule has 0 radical (unpaired) electrons. The second-order valence-corrected chi connectivity index (χ2v) is 4.92. The summed E-state index contributed by atoms with van der Waals surface area (Å²) in [6.45, 7) is 4.01. The zero-order chi connectivity index (χ0) is 14.1. The summed E-state index contributed by atoms with van der Waals surface area (Å²) in [5.74, 6) is 0.691. The summed E-state index contributed by atoms with van der Waals surface area (Å²) in [7, 11) is 0. The Kier molecular flexibility index (Phi) is 3.03. The van der Waals surface area contributed by atoms with Gasteiger partial charge in [0, 0.05) is 17.0 Å². The Bertz CT molecular complexity index is 833. The highest BCUT2D eigenvalue weighted by Gasteiger charge is 2.08. The van der Waals surface area contributed by atoms with Gasteiger partial charge in [-0.2, -0.15) is 0 Å². The van der Waals surface area contributed by atoms with Gasteiger partial charge in [-0.15, -0.1) is 0 Å². The summed E-state index contributed by atoms with van der Waals surface area (Å²) >= 11 is 0. The Morgan fingerprint density at radius 3 is 2.45 bits per heavy atom. The molecule has 0 aliphatic rings. The number of hydrogen-bond acceptors (Lipinski definition) is 3. The molecule has 1 aromatic heterocycles. The maximum Gasteiger partial charge on any atom is 0.137 e. The van der Waals surface area contributed by atoms with E-state index in [1.807, 2.05) is 50.2 Å². The first-order valence-electron chi connectivity index (χ1n) is 6.47. The SMILES string of the molecule is Cc1cc(C)c2/c(=N\O)cc(-c3ccccc3)oc2c1. The van der Waals surface area contributed by atoms with Crippen molar-refractivity contribution in [3.8, 4) is 11.3 Å². The summed E-state index contributed by atoms with van der Waals surface area (Å²) in [4.78, 5) is 0. The molecule has 3 rings (SSSR count). The van der Waals surface area contributed by atoms with Gasteiger partial charge < -0.3 is 9.62 Å². The van der Waals surface area contributed by atoms with Crippen molar-refractivity contribution in [1.29, 1.82) is 0 Å². The van der Waals surface area contributed by atoms with Crippen LogP contribution in [0.1, 0.15) is 11.1 Å². The maximum absolute atomic E-state index is 9.28.